The van der Waals surface area contributed by atoms with E-state index in [1.807, 2.05) is 24.3 Å². The first-order chi connectivity index (χ1) is 10.1. The van der Waals surface area contributed by atoms with Gasteiger partial charge in [-0.05, 0) is 12.1 Å². The highest BCUT2D eigenvalue weighted by atomic mass is 32.1. The number of Topliss-reactive ketones (excluding diaryl/α,β-unsaturated/α-hetero) is 1. The molecule has 0 unspecified atom stereocenters. The molecular formula is C15H10N2O3S. The first kappa shape index (κ1) is 13.4. The van der Waals surface area contributed by atoms with Crippen LogP contribution in [0, 0.1) is 0 Å². The molecule has 1 aromatic carbocycles. The van der Waals surface area contributed by atoms with Gasteiger partial charge in [0.2, 0.25) is 0 Å². The van der Waals surface area contributed by atoms with Crippen LogP contribution in [0.2, 0.25) is 0 Å². The van der Waals surface area contributed by atoms with E-state index < -0.39 is 5.97 Å². The number of carbonyl (C=O) groups is 2. The monoisotopic (exact) mass is 298 g/mol. The first-order valence-corrected chi connectivity index (χ1v) is 6.98. The maximum atomic E-state index is 11.6. The molecule has 2 heterocycles. The molecule has 0 radical (unpaired) electrons. The molecule has 3 aromatic rings. The van der Waals surface area contributed by atoms with Crippen molar-refractivity contribution < 1.29 is 14.7 Å². The lowest BCUT2D eigenvalue weighted by Crippen LogP contribution is -2.03. The Morgan fingerprint density at radius 2 is 1.95 bits per heavy atom. The fourth-order valence-corrected chi connectivity index (χ4v) is 3.09. The largest absolute Gasteiger partial charge is 0.476 e. The molecule has 0 bridgehead atoms. The van der Waals surface area contributed by atoms with Gasteiger partial charge in [0.1, 0.15) is 9.88 Å². The highest BCUT2D eigenvalue weighted by Crippen LogP contribution is 2.32. The number of thiazole rings is 1. The Balaban J connectivity index is 2.26. The van der Waals surface area contributed by atoms with Crippen LogP contribution in [-0.4, -0.2) is 26.8 Å². The molecule has 0 saturated heterocycles. The Morgan fingerprint density at radius 3 is 2.62 bits per heavy atom. The molecule has 5 nitrogen and oxygen atoms in total. The summed E-state index contributed by atoms with van der Waals surface area (Å²) < 4.78 is 0. The third-order valence-electron chi connectivity index (χ3n) is 3.03. The molecular weight excluding hydrogens is 288 g/mol. The number of ketones is 1. The van der Waals surface area contributed by atoms with Crippen LogP contribution in [-0.2, 0) is 0 Å². The topological polar surface area (TPSA) is 80.2 Å². The normalized spacial score (nSPS) is 10.7. The predicted molar refractivity (Wildman–Crippen MR) is 79.8 cm³/mol. The lowest BCUT2D eigenvalue weighted by atomic mass is 10.1. The van der Waals surface area contributed by atoms with Crippen molar-refractivity contribution in [3.63, 3.8) is 0 Å². The predicted octanol–water partition coefficient (Wildman–Crippen LogP) is 3.26. The highest BCUT2D eigenvalue weighted by Gasteiger charge is 2.21. The number of benzene rings is 1. The van der Waals surface area contributed by atoms with Gasteiger partial charge in [-0.2, -0.15) is 0 Å². The third-order valence-corrected chi connectivity index (χ3v) is 4.22. The smallest absolute Gasteiger partial charge is 0.356 e. The SMILES string of the molecule is CC(=O)c1sc(-c2ccnc3ccccc23)nc1C(=O)O. The van der Waals surface area contributed by atoms with Crippen LogP contribution in [0.5, 0.6) is 0 Å². The van der Waals surface area contributed by atoms with Gasteiger partial charge in [0, 0.05) is 24.1 Å². The second-order valence-corrected chi connectivity index (χ2v) is 5.43. The number of aromatic carboxylic acids is 1. The maximum absolute atomic E-state index is 11.6. The molecule has 104 valence electrons. The van der Waals surface area contributed by atoms with Crippen molar-refractivity contribution in [3.8, 4) is 10.6 Å². The molecule has 0 aliphatic carbocycles. The van der Waals surface area contributed by atoms with E-state index in [-0.39, 0.29) is 16.4 Å². The number of nitrogens with zero attached hydrogens (tertiary/aromatic N) is 2. The van der Waals surface area contributed by atoms with Gasteiger partial charge >= 0.3 is 5.97 Å². The molecule has 2 aromatic heterocycles. The number of hydrogen-bond acceptors (Lipinski definition) is 5. The molecule has 0 fully saturated rings. The number of hydrogen-bond donors (Lipinski definition) is 1. The van der Waals surface area contributed by atoms with E-state index in [0.29, 0.717) is 5.01 Å². The molecule has 21 heavy (non-hydrogen) atoms. The summed E-state index contributed by atoms with van der Waals surface area (Å²) in [7, 11) is 0. The van der Waals surface area contributed by atoms with E-state index in [1.165, 1.54) is 6.92 Å². The second-order valence-electron chi connectivity index (χ2n) is 4.43. The standard InChI is InChI=1S/C15H10N2O3S/c1-8(18)13-12(15(19)20)17-14(21-13)10-6-7-16-11-5-3-2-4-9(10)11/h2-7H,1H3,(H,19,20). The highest BCUT2D eigenvalue weighted by molar-refractivity contribution is 7.17. The second kappa shape index (κ2) is 5.06. The Kier molecular flexibility index (Phi) is 3.23. The van der Waals surface area contributed by atoms with Crippen molar-refractivity contribution in [2.45, 2.75) is 6.92 Å². The van der Waals surface area contributed by atoms with Crippen LogP contribution in [0.3, 0.4) is 0 Å². The molecule has 0 spiro atoms. The van der Waals surface area contributed by atoms with Gasteiger partial charge < -0.3 is 5.11 Å². The number of carboxylic acid groups (broad SMARTS) is 1. The average Bonchev–Trinajstić information content (AvgIpc) is 2.92. The number of fused-ring (bicyclic) bond motifs is 1. The first-order valence-electron chi connectivity index (χ1n) is 6.17. The van der Waals surface area contributed by atoms with Crippen LogP contribution >= 0.6 is 11.3 Å². The van der Waals surface area contributed by atoms with Crippen LogP contribution < -0.4 is 0 Å². The minimum Gasteiger partial charge on any atom is -0.476 e. The number of aromatic nitrogens is 2. The minimum atomic E-state index is -1.19. The van der Waals surface area contributed by atoms with Gasteiger partial charge in [-0.3, -0.25) is 9.78 Å². The summed E-state index contributed by atoms with van der Waals surface area (Å²) in [4.78, 5) is 31.3. The van der Waals surface area contributed by atoms with E-state index in [4.69, 9.17) is 5.11 Å². The summed E-state index contributed by atoms with van der Waals surface area (Å²) >= 11 is 1.09. The summed E-state index contributed by atoms with van der Waals surface area (Å²) in [6.45, 7) is 1.34. The molecule has 0 aliphatic heterocycles. The van der Waals surface area contributed by atoms with Crippen molar-refractivity contribution in [3.05, 3.63) is 47.1 Å². The zero-order chi connectivity index (χ0) is 15.0. The third kappa shape index (κ3) is 2.30. The Bertz CT molecular complexity index is 833. The number of pyridine rings is 1. The summed E-state index contributed by atoms with van der Waals surface area (Å²) in [5.74, 6) is -1.49. The van der Waals surface area contributed by atoms with E-state index in [2.05, 4.69) is 9.97 Å². The molecule has 6 heteroatoms. The van der Waals surface area contributed by atoms with Crippen LogP contribution in [0.25, 0.3) is 21.5 Å². The Labute approximate surface area is 123 Å². The number of carbonyl (C=O) groups excluding carboxylic acids is 1. The molecule has 0 amide bonds. The van der Waals surface area contributed by atoms with Crippen molar-refractivity contribution in [2.75, 3.05) is 0 Å². The molecule has 1 N–H and O–H groups in total. The molecule has 3 rings (SSSR count). The van der Waals surface area contributed by atoms with Gasteiger partial charge in [0.05, 0.1) is 5.52 Å². The van der Waals surface area contributed by atoms with Crippen LogP contribution in [0.4, 0.5) is 0 Å². The molecule has 0 aliphatic rings. The number of para-hydroxylation sites is 1. The summed E-state index contributed by atoms with van der Waals surface area (Å²) in [5.41, 5.74) is 1.38. The maximum Gasteiger partial charge on any atom is 0.356 e. The quantitative estimate of drug-likeness (QED) is 0.751. The lowest BCUT2D eigenvalue weighted by Gasteiger charge is -2.01. The summed E-state index contributed by atoms with van der Waals surface area (Å²) in [6, 6.07) is 9.30. The fourth-order valence-electron chi connectivity index (χ4n) is 2.10. The van der Waals surface area contributed by atoms with Gasteiger partial charge in [0.15, 0.2) is 11.5 Å². The van der Waals surface area contributed by atoms with E-state index >= 15 is 0 Å². The molecule has 0 saturated carbocycles. The van der Waals surface area contributed by atoms with Gasteiger partial charge in [-0.15, -0.1) is 11.3 Å². The Morgan fingerprint density at radius 1 is 1.19 bits per heavy atom. The minimum absolute atomic E-state index is 0.165. The van der Waals surface area contributed by atoms with E-state index in [1.54, 1.807) is 12.3 Å². The zero-order valence-corrected chi connectivity index (χ0v) is 11.8. The summed E-state index contributed by atoms with van der Waals surface area (Å²) in [5, 5.41) is 10.6. The van der Waals surface area contributed by atoms with Crippen LogP contribution in [0.1, 0.15) is 27.1 Å². The summed E-state index contributed by atoms with van der Waals surface area (Å²) in [6.07, 6.45) is 1.65. The van der Waals surface area contributed by atoms with E-state index in [0.717, 1.165) is 27.8 Å². The number of rotatable bonds is 3. The van der Waals surface area contributed by atoms with Gasteiger partial charge in [-0.1, -0.05) is 18.2 Å². The van der Waals surface area contributed by atoms with Crippen molar-refractivity contribution in [1.82, 2.24) is 9.97 Å². The van der Waals surface area contributed by atoms with E-state index in [9.17, 15) is 9.59 Å². The van der Waals surface area contributed by atoms with Crippen LogP contribution in [0.15, 0.2) is 36.5 Å². The average molecular weight is 298 g/mol. The van der Waals surface area contributed by atoms with Crippen molar-refractivity contribution in [2.24, 2.45) is 0 Å². The Hall–Kier alpha value is -2.60. The lowest BCUT2D eigenvalue weighted by molar-refractivity contribution is 0.0687. The molecule has 0 atom stereocenters. The van der Waals surface area contributed by atoms with Crippen molar-refractivity contribution >= 4 is 34.0 Å². The van der Waals surface area contributed by atoms with Gasteiger partial charge in [0.25, 0.3) is 0 Å². The fraction of sp³-hybridized carbons (Fsp3) is 0.0667. The van der Waals surface area contributed by atoms with Crippen molar-refractivity contribution in [1.29, 1.82) is 0 Å². The van der Waals surface area contributed by atoms with Gasteiger partial charge in [-0.25, -0.2) is 9.78 Å². The number of carboxylic acids is 1. The zero-order valence-electron chi connectivity index (χ0n) is 11.0.